The Morgan fingerprint density at radius 2 is 1.79 bits per heavy atom. The molecule has 0 N–H and O–H groups in total. The minimum atomic E-state index is -0.416. The number of piperidine rings is 1. The molecule has 33 heavy (non-hydrogen) atoms. The normalized spacial score (nSPS) is 16.8. The lowest BCUT2D eigenvalue weighted by Crippen LogP contribution is -2.48. The third kappa shape index (κ3) is 4.34. The molecule has 0 unspecified atom stereocenters. The van der Waals surface area contributed by atoms with Crippen molar-refractivity contribution < 1.29 is 9.18 Å². The zero-order chi connectivity index (χ0) is 22.9. The molecule has 2 fully saturated rings. The first-order valence-electron chi connectivity index (χ1n) is 11.7. The molecule has 1 aromatic carbocycles. The topological polar surface area (TPSA) is 67.2 Å². The molecule has 0 radical (unpaired) electrons. The molecule has 0 spiro atoms. The average molecular weight is 449 g/mol. The highest BCUT2D eigenvalue weighted by atomic mass is 19.1. The molecule has 7 nitrogen and oxygen atoms in total. The highest BCUT2D eigenvalue weighted by Gasteiger charge is 2.39. The van der Waals surface area contributed by atoms with Crippen molar-refractivity contribution in [3.05, 3.63) is 65.8 Å². The second-order valence-electron chi connectivity index (χ2n) is 8.92. The number of imidazole rings is 1. The molecule has 1 aliphatic carbocycles. The van der Waals surface area contributed by atoms with Crippen LogP contribution in [0.25, 0.3) is 5.69 Å². The van der Waals surface area contributed by atoms with E-state index in [-0.39, 0.29) is 18.0 Å². The van der Waals surface area contributed by atoms with Gasteiger partial charge in [-0.2, -0.15) is 0 Å². The highest BCUT2D eigenvalue weighted by molar-refractivity contribution is 5.95. The van der Waals surface area contributed by atoms with Crippen molar-refractivity contribution in [2.24, 2.45) is 0 Å². The number of nitrogens with zero attached hydrogens (tertiary/aromatic N) is 6. The summed E-state index contributed by atoms with van der Waals surface area (Å²) in [7, 11) is 0. The fourth-order valence-corrected chi connectivity index (χ4v) is 4.64. The predicted molar refractivity (Wildman–Crippen MR) is 124 cm³/mol. The van der Waals surface area contributed by atoms with Crippen molar-refractivity contribution in [2.75, 3.05) is 18.0 Å². The van der Waals surface area contributed by atoms with E-state index in [2.05, 4.69) is 26.8 Å². The standard InChI is InChI=1S/C25H29FN6O/c1-3-18-15-28-25(29-16-18)30-11-8-21(9-12-30)32(20-5-6-20)24(33)19-4-7-23(22(26)14-19)31-13-10-27-17(31)2/h4,7,10,13-16,20-21H,3,5-6,8-9,11-12H2,1-2H3. The van der Waals surface area contributed by atoms with Crippen LogP contribution in [0.5, 0.6) is 0 Å². The summed E-state index contributed by atoms with van der Waals surface area (Å²) >= 11 is 0. The number of hydrogen-bond donors (Lipinski definition) is 0. The number of anilines is 1. The van der Waals surface area contributed by atoms with Gasteiger partial charge >= 0.3 is 0 Å². The van der Waals surface area contributed by atoms with E-state index in [9.17, 15) is 9.18 Å². The smallest absolute Gasteiger partial charge is 0.254 e. The average Bonchev–Trinajstić information content (AvgIpc) is 3.59. The highest BCUT2D eigenvalue weighted by Crippen LogP contribution is 2.34. The molecule has 1 saturated carbocycles. The van der Waals surface area contributed by atoms with Gasteiger partial charge in [-0.25, -0.2) is 19.3 Å². The second-order valence-corrected chi connectivity index (χ2v) is 8.92. The first-order chi connectivity index (χ1) is 16.0. The number of aryl methyl sites for hydroxylation is 2. The maximum absolute atomic E-state index is 14.9. The van der Waals surface area contributed by atoms with E-state index in [1.807, 2.05) is 24.2 Å². The molecular formula is C25H29FN6O. The molecule has 3 heterocycles. The van der Waals surface area contributed by atoms with Crippen molar-refractivity contribution in [3.8, 4) is 5.69 Å². The monoisotopic (exact) mass is 448 g/mol. The fraction of sp³-hybridized carbons (Fsp3) is 0.440. The van der Waals surface area contributed by atoms with Gasteiger partial charge in [0.05, 0.1) is 5.69 Å². The number of hydrogen-bond acceptors (Lipinski definition) is 5. The first-order valence-corrected chi connectivity index (χ1v) is 11.7. The Morgan fingerprint density at radius 3 is 2.36 bits per heavy atom. The van der Waals surface area contributed by atoms with Gasteiger partial charge < -0.3 is 14.4 Å². The molecule has 0 atom stereocenters. The minimum absolute atomic E-state index is 0.0766. The summed E-state index contributed by atoms with van der Waals surface area (Å²) in [4.78, 5) is 30.8. The summed E-state index contributed by atoms with van der Waals surface area (Å²) < 4.78 is 16.6. The van der Waals surface area contributed by atoms with Gasteiger partial charge in [-0.15, -0.1) is 0 Å². The number of benzene rings is 1. The van der Waals surface area contributed by atoms with Crippen molar-refractivity contribution in [1.82, 2.24) is 24.4 Å². The number of rotatable bonds is 6. The van der Waals surface area contributed by atoms with E-state index in [4.69, 9.17) is 0 Å². The minimum Gasteiger partial charge on any atom is -0.341 e. The van der Waals surface area contributed by atoms with Crippen LogP contribution in [0.4, 0.5) is 10.3 Å². The third-order valence-corrected chi connectivity index (χ3v) is 6.70. The van der Waals surface area contributed by atoms with Gasteiger partial charge in [0.25, 0.3) is 5.91 Å². The van der Waals surface area contributed by atoms with Crippen LogP contribution in [0.2, 0.25) is 0 Å². The summed E-state index contributed by atoms with van der Waals surface area (Å²) in [5.41, 5.74) is 1.93. The summed E-state index contributed by atoms with van der Waals surface area (Å²) in [6, 6.07) is 5.17. The molecule has 5 rings (SSSR count). The molecule has 1 amide bonds. The SMILES string of the molecule is CCc1cnc(N2CCC(N(C(=O)c3ccc(-n4ccnc4C)c(F)c3)C3CC3)CC2)nc1. The Balaban J connectivity index is 1.30. The Morgan fingerprint density at radius 1 is 1.09 bits per heavy atom. The van der Waals surface area contributed by atoms with Crippen LogP contribution in [-0.2, 0) is 6.42 Å². The van der Waals surface area contributed by atoms with Gasteiger partial charge in [0.1, 0.15) is 11.6 Å². The van der Waals surface area contributed by atoms with Crippen LogP contribution in [0.15, 0.2) is 43.0 Å². The summed E-state index contributed by atoms with van der Waals surface area (Å²) in [6.07, 6.45) is 11.8. The number of carbonyl (C=O) groups is 1. The van der Waals surface area contributed by atoms with E-state index in [0.29, 0.717) is 17.1 Å². The molecule has 172 valence electrons. The van der Waals surface area contributed by atoms with Gasteiger partial charge in [0, 0.05) is 55.5 Å². The van der Waals surface area contributed by atoms with E-state index < -0.39 is 5.82 Å². The zero-order valence-corrected chi connectivity index (χ0v) is 19.1. The van der Waals surface area contributed by atoms with Crippen molar-refractivity contribution in [2.45, 2.75) is 58.0 Å². The summed E-state index contributed by atoms with van der Waals surface area (Å²) in [5.74, 6) is 0.961. The lowest BCUT2D eigenvalue weighted by molar-refractivity contribution is 0.0630. The summed E-state index contributed by atoms with van der Waals surface area (Å²) in [5, 5.41) is 0. The van der Waals surface area contributed by atoms with Gasteiger partial charge in [0.15, 0.2) is 0 Å². The van der Waals surface area contributed by atoms with Gasteiger partial charge in [-0.3, -0.25) is 4.79 Å². The van der Waals surface area contributed by atoms with Crippen molar-refractivity contribution in [1.29, 1.82) is 0 Å². The third-order valence-electron chi connectivity index (χ3n) is 6.70. The second kappa shape index (κ2) is 8.92. The van der Waals surface area contributed by atoms with Gasteiger partial charge in [-0.1, -0.05) is 6.92 Å². The van der Waals surface area contributed by atoms with E-state index in [1.54, 1.807) is 29.1 Å². The molecule has 1 saturated heterocycles. The summed E-state index contributed by atoms with van der Waals surface area (Å²) in [6.45, 7) is 5.52. The lowest BCUT2D eigenvalue weighted by atomic mass is 10.0. The van der Waals surface area contributed by atoms with E-state index >= 15 is 0 Å². The molecule has 1 aliphatic heterocycles. The fourth-order valence-electron chi connectivity index (χ4n) is 4.64. The lowest BCUT2D eigenvalue weighted by Gasteiger charge is -2.39. The van der Waals surface area contributed by atoms with Crippen LogP contribution < -0.4 is 4.90 Å². The molecule has 2 aromatic heterocycles. The predicted octanol–water partition coefficient (Wildman–Crippen LogP) is 3.95. The van der Waals surface area contributed by atoms with E-state index in [1.165, 1.54) is 6.07 Å². The van der Waals surface area contributed by atoms with Crippen LogP contribution in [0, 0.1) is 12.7 Å². The molecular weight excluding hydrogens is 419 g/mol. The van der Waals surface area contributed by atoms with Crippen LogP contribution in [0.1, 0.15) is 54.4 Å². The Bertz CT molecular complexity index is 1130. The molecule has 3 aromatic rings. The quantitative estimate of drug-likeness (QED) is 0.571. The molecule has 2 aliphatic rings. The molecule has 8 heteroatoms. The molecule has 0 bridgehead atoms. The van der Waals surface area contributed by atoms with Crippen LogP contribution in [0.3, 0.4) is 0 Å². The number of carbonyl (C=O) groups excluding carboxylic acids is 1. The van der Waals surface area contributed by atoms with Gasteiger partial charge in [-0.05, 0) is 62.8 Å². The number of amides is 1. The Hall–Kier alpha value is -3.29. The maximum atomic E-state index is 14.9. The van der Waals surface area contributed by atoms with Crippen molar-refractivity contribution in [3.63, 3.8) is 0 Å². The zero-order valence-electron chi connectivity index (χ0n) is 19.1. The maximum Gasteiger partial charge on any atom is 0.254 e. The number of halogens is 1. The Kier molecular flexibility index (Phi) is 5.83. The van der Waals surface area contributed by atoms with Crippen LogP contribution >= 0.6 is 0 Å². The van der Waals surface area contributed by atoms with Crippen LogP contribution in [-0.4, -0.2) is 55.5 Å². The van der Waals surface area contributed by atoms with Crippen molar-refractivity contribution >= 4 is 11.9 Å². The first kappa shape index (κ1) is 21.6. The largest absolute Gasteiger partial charge is 0.341 e. The van der Waals surface area contributed by atoms with E-state index in [0.717, 1.165) is 56.7 Å². The Labute approximate surface area is 193 Å². The number of aromatic nitrogens is 4. The van der Waals surface area contributed by atoms with Gasteiger partial charge in [0.2, 0.25) is 5.95 Å².